The summed E-state index contributed by atoms with van der Waals surface area (Å²) in [6, 6.07) is 4.95. The van der Waals surface area contributed by atoms with Crippen LogP contribution < -0.4 is 20.8 Å². The van der Waals surface area contributed by atoms with E-state index in [1.807, 2.05) is 20.8 Å². The number of hydrogen-bond acceptors (Lipinski definition) is 5. The molecule has 0 bridgehead atoms. The molecule has 9 nitrogen and oxygen atoms in total. The zero-order valence-electron chi connectivity index (χ0n) is 20.4. The molecule has 0 unspecified atom stereocenters. The van der Waals surface area contributed by atoms with E-state index < -0.39 is 17.5 Å². The number of amides is 2. The van der Waals surface area contributed by atoms with Crippen molar-refractivity contribution in [2.75, 3.05) is 13.2 Å². The fourth-order valence-corrected chi connectivity index (χ4v) is 3.82. The number of carboxylic acid groups (broad SMARTS) is 1. The van der Waals surface area contributed by atoms with Crippen molar-refractivity contribution in [1.82, 2.24) is 9.47 Å². The zero-order chi connectivity index (χ0) is 25.0. The first-order valence-corrected chi connectivity index (χ1v) is 11.8. The summed E-state index contributed by atoms with van der Waals surface area (Å²) in [5.74, 6) is 0.636. The molecule has 0 radical (unpaired) electrons. The van der Waals surface area contributed by atoms with E-state index in [0.717, 1.165) is 25.7 Å². The van der Waals surface area contributed by atoms with Gasteiger partial charge in [-0.25, -0.2) is 4.79 Å². The van der Waals surface area contributed by atoms with Crippen LogP contribution >= 0.6 is 0 Å². The fourth-order valence-electron chi connectivity index (χ4n) is 3.82. The normalized spacial score (nSPS) is 13.6. The maximum atomic E-state index is 13.6. The molecule has 0 aliphatic heterocycles. The number of nitrogens with zero attached hydrogens (tertiary/aromatic N) is 2. The predicted molar refractivity (Wildman–Crippen MR) is 129 cm³/mol. The van der Waals surface area contributed by atoms with Crippen LogP contribution in [0.15, 0.2) is 23.0 Å². The smallest absolute Gasteiger partial charge is 0.408 e. The number of rotatable bonds is 11. The number of carbonyl (C=O) groups excluding carboxylic acids is 1. The van der Waals surface area contributed by atoms with Crippen LogP contribution in [-0.2, 0) is 17.9 Å². The number of hydrogen-bond donors (Lipinski definition) is 2. The quantitative estimate of drug-likeness (QED) is 0.479. The second-order valence-corrected chi connectivity index (χ2v) is 9.84. The highest BCUT2D eigenvalue weighted by atomic mass is 16.5. The van der Waals surface area contributed by atoms with Crippen LogP contribution in [0.3, 0.4) is 0 Å². The molecule has 34 heavy (non-hydrogen) atoms. The summed E-state index contributed by atoms with van der Waals surface area (Å²) < 4.78 is 13.4. The van der Waals surface area contributed by atoms with Gasteiger partial charge in [0.05, 0.1) is 24.2 Å². The molecule has 1 saturated carbocycles. The SMILES string of the molecule is CCCCOc1c(CN(C(=O)O)C(C)(C)C)n(CC2CC2)c(=O)c2ccc(OCC(N)=O)cc12. The Hall–Kier alpha value is -3.23. The fraction of sp³-hybridized carbons (Fsp3) is 0.560. The Bertz CT molecular complexity index is 1110. The summed E-state index contributed by atoms with van der Waals surface area (Å²) in [7, 11) is 0. The number of unbranched alkanes of at least 4 members (excludes halogenated alkanes) is 1. The summed E-state index contributed by atoms with van der Waals surface area (Å²) in [6.45, 7) is 8.17. The average molecular weight is 474 g/mol. The van der Waals surface area contributed by atoms with Gasteiger partial charge in [-0.2, -0.15) is 0 Å². The van der Waals surface area contributed by atoms with Crippen LogP contribution in [0, 0.1) is 5.92 Å². The zero-order valence-corrected chi connectivity index (χ0v) is 20.4. The minimum Gasteiger partial charge on any atom is -0.491 e. The lowest BCUT2D eigenvalue weighted by Gasteiger charge is -2.34. The molecular weight excluding hydrogens is 438 g/mol. The van der Waals surface area contributed by atoms with Gasteiger partial charge in [0.1, 0.15) is 11.5 Å². The Morgan fingerprint density at radius 2 is 1.91 bits per heavy atom. The van der Waals surface area contributed by atoms with Crippen LogP contribution in [-0.4, -0.2) is 45.3 Å². The molecule has 0 spiro atoms. The van der Waals surface area contributed by atoms with E-state index >= 15 is 0 Å². The molecule has 9 heteroatoms. The van der Waals surface area contributed by atoms with E-state index in [9.17, 15) is 19.5 Å². The molecule has 1 aromatic carbocycles. The topological polar surface area (TPSA) is 124 Å². The van der Waals surface area contributed by atoms with Crippen LogP contribution in [0.4, 0.5) is 4.79 Å². The van der Waals surface area contributed by atoms with Crippen molar-refractivity contribution < 1.29 is 24.2 Å². The van der Waals surface area contributed by atoms with Crippen molar-refractivity contribution in [3.8, 4) is 11.5 Å². The highest BCUT2D eigenvalue weighted by molar-refractivity contribution is 5.90. The number of pyridine rings is 1. The summed E-state index contributed by atoms with van der Waals surface area (Å²) in [6.07, 6.45) is 2.74. The molecule has 1 heterocycles. The first-order valence-electron chi connectivity index (χ1n) is 11.8. The van der Waals surface area contributed by atoms with Gasteiger partial charge in [0.15, 0.2) is 6.61 Å². The summed E-state index contributed by atoms with van der Waals surface area (Å²) in [5, 5.41) is 10.9. The summed E-state index contributed by atoms with van der Waals surface area (Å²) in [4.78, 5) is 38.2. The molecule has 1 aromatic heterocycles. The Kier molecular flexibility index (Phi) is 7.74. The molecule has 1 fully saturated rings. The van der Waals surface area contributed by atoms with Crippen LogP contribution in [0.1, 0.15) is 59.1 Å². The molecule has 1 aliphatic carbocycles. The van der Waals surface area contributed by atoms with Gasteiger partial charge >= 0.3 is 6.09 Å². The molecule has 0 atom stereocenters. The van der Waals surface area contributed by atoms with Gasteiger partial charge in [-0.1, -0.05) is 13.3 Å². The molecule has 3 N–H and O–H groups in total. The van der Waals surface area contributed by atoms with Crippen molar-refractivity contribution in [1.29, 1.82) is 0 Å². The van der Waals surface area contributed by atoms with Gasteiger partial charge in [-0.15, -0.1) is 0 Å². The highest BCUT2D eigenvalue weighted by Gasteiger charge is 2.31. The predicted octanol–water partition coefficient (Wildman–Crippen LogP) is 3.73. The number of benzene rings is 1. The van der Waals surface area contributed by atoms with Crippen molar-refractivity contribution in [2.45, 2.75) is 72.0 Å². The first-order chi connectivity index (χ1) is 16.0. The van der Waals surface area contributed by atoms with Crippen LogP contribution in [0.2, 0.25) is 0 Å². The third kappa shape index (κ3) is 6.01. The lowest BCUT2D eigenvalue weighted by molar-refractivity contribution is -0.119. The van der Waals surface area contributed by atoms with E-state index in [0.29, 0.717) is 47.0 Å². The average Bonchev–Trinajstić information content (AvgIpc) is 3.57. The minimum atomic E-state index is -1.07. The number of nitrogens with two attached hydrogens (primary N) is 1. The largest absolute Gasteiger partial charge is 0.491 e. The molecular formula is C25H35N3O6. The molecule has 186 valence electrons. The number of fused-ring (bicyclic) bond motifs is 1. The third-order valence-corrected chi connectivity index (χ3v) is 5.91. The Labute approximate surface area is 199 Å². The maximum absolute atomic E-state index is 13.6. The van der Waals surface area contributed by atoms with Gasteiger partial charge in [0.2, 0.25) is 0 Å². The van der Waals surface area contributed by atoms with E-state index in [1.54, 1.807) is 22.8 Å². The minimum absolute atomic E-state index is 0.00453. The van der Waals surface area contributed by atoms with Gasteiger partial charge in [0, 0.05) is 17.5 Å². The molecule has 2 aromatic rings. The van der Waals surface area contributed by atoms with Gasteiger partial charge in [0.25, 0.3) is 11.5 Å². The van der Waals surface area contributed by atoms with Gasteiger partial charge < -0.3 is 24.9 Å². The van der Waals surface area contributed by atoms with Gasteiger partial charge in [-0.3, -0.25) is 14.5 Å². The van der Waals surface area contributed by atoms with E-state index in [4.69, 9.17) is 15.2 Å². The van der Waals surface area contributed by atoms with E-state index in [2.05, 4.69) is 6.92 Å². The van der Waals surface area contributed by atoms with Crippen LogP contribution in [0.5, 0.6) is 11.5 Å². The van der Waals surface area contributed by atoms with Crippen molar-refractivity contribution in [3.63, 3.8) is 0 Å². The number of carbonyl (C=O) groups is 2. The van der Waals surface area contributed by atoms with Crippen molar-refractivity contribution >= 4 is 22.8 Å². The number of aromatic nitrogens is 1. The van der Waals surface area contributed by atoms with Crippen molar-refractivity contribution in [2.24, 2.45) is 11.7 Å². The molecule has 3 rings (SSSR count). The molecule has 2 amide bonds. The van der Waals surface area contributed by atoms with Crippen molar-refractivity contribution in [3.05, 3.63) is 34.2 Å². The van der Waals surface area contributed by atoms with Crippen LogP contribution in [0.25, 0.3) is 10.8 Å². The standard InChI is InChI=1S/C25H35N3O6/c1-5-6-11-33-22-19-12-17(34-15-21(26)29)9-10-18(19)23(30)27(13-16-7-8-16)20(22)14-28(24(31)32)25(2,3)4/h9-10,12,16H,5-8,11,13-15H2,1-4H3,(H2,26,29)(H,31,32). The van der Waals surface area contributed by atoms with E-state index in [-0.39, 0.29) is 18.7 Å². The number of primary amides is 1. The lowest BCUT2D eigenvalue weighted by atomic mass is 10.0. The van der Waals surface area contributed by atoms with Gasteiger partial charge in [-0.05, 0) is 64.2 Å². The Morgan fingerprint density at radius 3 is 2.47 bits per heavy atom. The lowest BCUT2D eigenvalue weighted by Crippen LogP contribution is -2.45. The monoisotopic (exact) mass is 473 g/mol. The third-order valence-electron chi connectivity index (χ3n) is 5.91. The summed E-state index contributed by atoms with van der Waals surface area (Å²) in [5.41, 5.74) is 4.86. The molecule has 0 saturated heterocycles. The van der Waals surface area contributed by atoms with E-state index in [1.165, 1.54) is 4.90 Å². The number of ether oxygens (including phenoxy) is 2. The second-order valence-electron chi connectivity index (χ2n) is 9.84. The first kappa shape index (κ1) is 25.4. The molecule has 1 aliphatic rings. The Balaban J connectivity index is 2.23. The summed E-state index contributed by atoms with van der Waals surface area (Å²) >= 11 is 0. The second kappa shape index (κ2) is 10.4. The maximum Gasteiger partial charge on any atom is 0.408 e. The highest BCUT2D eigenvalue weighted by Crippen LogP contribution is 2.36. The Morgan fingerprint density at radius 1 is 1.21 bits per heavy atom.